The van der Waals surface area contributed by atoms with Gasteiger partial charge in [-0.25, -0.2) is 8.42 Å². The number of amides is 1. The number of halogens is 1. The molecule has 2 aliphatic heterocycles. The first kappa shape index (κ1) is 20.5. The highest BCUT2D eigenvalue weighted by Crippen LogP contribution is 2.36. The topological polar surface area (TPSA) is 72.9 Å². The fourth-order valence-corrected chi connectivity index (χ4v) is 5.67. The van der Waals surface area contributed by atoms with Crippen LogP contribution in [0.4, 0.5) is 0 Å². The van der Waals surface area contributed by atoms with Crippen molar-refractivity contribution in [3.63, 3.8) is 0 Å². The lowest BCUT2D eigenvalue weighted by molar-refractivity contribution is -0.134. The van der Waals surface area contributed by atoms with Crippen LogP contribution in [-0.2, 0) is 20.4 Å². The molecule has 27 heavy (non-hydrogen) atoms. The Hall–Kier alpha value is -1.28. The number of hydrogen-bond donors (Lipinski definition) is 0. The molecule has 2 atom stereocenters. The maximum Gasteiger partial charge on any atom is 0.240 e. The van der Waals surface area contributed by atoms with Crippen molar-refractivity contribution in [1.29, 1.82) is 0 Å². The lowest BCUT2D eigenvalue weighted by Gasteiger charge is -2.36. The fraction of sp³-hybridized carbons (Fsp3) is 0.632. The van der Waals surface area contributed by atoms with Crippen LogP contribution in [0.15, 0.2) is 16.6 Å². The molecule has 6 nitrogen and oxygen atoms in total. The quantitative estimate of drug-likeness (QED) is 0.674. The van der Waals surface area contributed by atoms with Crippen molar-refractivity contribution in [2.24, 2.45) is 0 Å². The van der Waals surface area contributed by atoms with Crippen LogP contribution in [0.2, 0.25) is 0 Å². The SMILES string of the molecule is CC[C@@H]1CCCCN1C(=O)[C@H](C)S(=O)(=O)Cc1cc2c(cc1Br)OCCO2. The van der Waals surface area contributed by atoms with Gasteiger partial charge in [-0.1, -0.05) is 22.9 Å². The number of carbonyl (C=O) groups excluding carboxylic acids is 1. The van der Waals surface area contributed by atoms with Crippen molar-refractivity contribution in [3.05, 3.63) is 22.2 Å². The summed E-state index contributed by atoms with van der Waals surface area (Å²) in [6.07, 6.45) is 3.82. The van der Waals surface area contributed by atoms with E-state index in [9.17, 15) is 13.2 Å². The highest BCUT2D eigenvalue weighted by molar-refractivity contribution is 9.10. The summed E-state index contributed by atoms with van der Waals surface area (Å²) < 4.78 is 37.6. The molecule has 0 unspecified atom stereocenters. The Kier molecular flexibility index (Phi) is 6.35. The van der Waals surface area contributed by atoms with E-state index in [1.165, 1.54) is 6.92 Å². The van der Waals surface area contributed by atoms with Gasteiger partial charge in [0.05, 0.1) is 5.75 Å². The minimum atomic E-state index is -3.66. The summed E-state index contributed by atoms with van der Waals surface area (Å²) in [5, 5.41) is -1.07. The molecule has 2 aliphatic rings. The first-order valence-corrected chi connectivity index (χ1v) is 11.9. The highest BCUT2D eigenvalue weighted by atomic mass is 79.9. The highest BCUT2D eigenvalue weighted by Gasteiger charge is 2.35. The summed E-state index contributed by atoms with van der Waals surface area (Å²) in [5.74, 6) is 0.630. The van der Waals surface area contributed by atoms with Gasteiger partial charge in [0.15, 0.2) is 21.3 Å². The zero-order valence-corrected chi connectivity index (χ0v) is 18.1. The van der Waals surface area contributed by atoms with Crippen molar-refractivity contribution in [2.75, 3.05) is 19.8 Å². The van der Waals surface area contributed by atoms with Crippen LogP contribution < -0.4 is 9.47 Å². The van der Waals surface area contributed by atoms with E-state index in [-0.39, 0.29) is 17.7 Å². The largest absolute Gasteiger partial charge is 0.486 e. The van der Waals surface area contributed by atoms with E-state index in [1.807, 2.05) is 6.92 Å². The Balaban J connectivity index is 1.78. The fourth-order valence-electron chi connectivity index (χ4n) is 3.66. The van der Waals surface area contributed by atoms with Crippen molar-refractivity contribution < 1.29 is 22.7 Å². The molecule has 150 valence electrons. The molecule has 1 fully saturated rings. The van der Waals surface area contributed by atoms with Crippen LogP contribution >= 0.6 is 15.9 Å². The molecular weight excluding hydrogens is 434 g/mol. The zero-order valence-electron chi connectivity index (χ0n) is 15.7. The molecule has 1 aromatic rings. The van der Waals surface area contributed by atoms with Crippen LogP contribution in [0.5, 0.6) is 11.5 Å². The van der Waals surface area contributed by atoms with E-state index >= 15 is 0 Å². The summed E-state index contributed by atoms with van der Waals surface area (Å²) in [6.45, 7) is 5.09. The Labute approximate surface area is 169 Å². The predicted octanol–water partition coefficient (Wildman–Crippen LogP) is 3.31. The number of piperidine rings is 1. The van der Waals surface area contributed by atoms with Crippen LogP contribution in [0.3, 0.4) is 0 Å². The Morgan fingerprint density at radius 3 is 2.59 bits per heavy atom. The number of fused-ring (bicyclic) bond motifs is 1. The van der Waals surface area contributed by atoms with Crippen LogP contribution in [0, 0.1) is 0 Å². The second-order valence-electron chi connectivity index (χ2n) is 7.13. The van der Waals surface area contributed by atoms with Gasteiger partial charge in [0.1, 0.15) is 18.5 Å². The van der Waals surface area contributed by atoms with Gasteiger partial charge in [0.2, 0.25) is 5.91 Å². The average Bonchev–Trinajstić information content (AvgIpc) is 2.67. The zero-order chi connectivity index (χ0) is 19.6. The van der Waals surface area contributed by atoms with Gasteiger partial charge in [-0.15, -0.1) is 0 Å². The minimum absolute atomic E-state index is 0.143. The standard InChI is InChI=1S/C19H26BrNO5S/c1-3-15-6-4-5-7-21(15)19(22)13(2)27(23,24)12-14-10-17-18(11-16(14)20)26-9-8-25-17/h10-11,13,15H,3-9,12H2,1-2H3/t13-,15+/m0/s1. The second kappa shape index (κ2) is 8.39. The number of sulfone groups is 1. The molecule has 3 rings (SSSR count). The number of carbonyl (C=O) groups is 1. The van der Waals surface area contributed by atoms with Gasteiger partial charge < -0.3 is 14.4 Å². The molecule has 1 amide bonds. The van der Waals surface area contributed by atoms with Crippen molar-refractivity contribution in [1.82, 2.24) is 4.90 Å². The Morgan fingerprint density at radius 1 is 1.26 bits per heavy atom. The number of nitrogens with zero attached hydrogens (tertiary/aromatic N) is 1. The molecule has 2 heterocycles. The lowest BCUT2D eigenvalue weighted by atomic mass is 10.00. The number of hydrogen-bond acceptors (Lipinski definition) is 5. The van der Waals surface area contributed by atoms with E-state index in [0.29, 0.717) is 41.3 Å². The van der Waals surface area contributed by atoms with Crippen LogP contribution in [-0.4, -0.2) is 50.3 Å². The first-order chi connectivity index (χ1) is 12.8. The number of rotatable bonds is 5. The normalized spacial score (nSPS) is 21.0. The first-order valence-electron chi connectivity index (χ1n) is 9.43. The summed E-state index contributed by atoms with van der Waals surface area (Å²) >= 11 is 3.42. The van der Waals surface area contributed by atoms with Gasteiger partial charge in [-0.3, -0.25) is 4.79 Å². The molecule has 1 saturated heterocycles. The molecule has 0 aliphatic carbocycles. The molecule has 0 saturated carbocycles. The van der Waals surface area contributed by atoms with Crippen molar-refractivity contribution >= 4 is 31.7 Å². The maximum absolute atomic E-state index is 13.0. The smallest absolute Gasteiger partial charge is 0.240 e. The van der Waals surface area contributed by atoms with E-state index in [0.717, 1.165) is 25.7 Å². The van der Waals surface area contributed by atoms with Crippen molar-refractivity contribution in [2.45, 2.75) is 56.6 Å². The molecular formula is C19H26BrNO5S. The second-order valence-corrected chi connectivity index (χ2v) is 10.3. The minimum Gasteiger partial charge on any atom is -0.486 e. The molecule has 0 radical (unpaired) electrons. The Morgan fingerprint density at radius 2 is 1.93 bits per heavy atom. The Bertz CT molecular complexity index is 811. The lowest BCUT2D eigenvalue weighted by Crippen LogP contribution is -2.49. The van der Waals surface area contributed by atoms with Gasteiger partial charge in [0.25, 0.3) is 0 Å². The van der Waals surface area contributed by atoms with Gasteiger partial charge in [-0.05, 0) is 50.3 Å². The molecule has 0 bridgehead atoms. The third-order valence-electron chi connectivity index (χ3n) is 5.34. The summed E-state index contributed by atoms with van der Waals surface area (Å²) in [6, 6.07) is 3.55. The molecule has 1 aromatic carbocycles. The molecule has 0 aromatic heterocycles. The van der Waals surface area contributed by atoms with Crippen molar-refractivity contribution in [3.8, 4) is 11.5 Å². The van der Waals surface area contributed by atoms with E-state index < -0.39 is 15.1 Å². The van der Waals surface area contributed by atoms with Crippen LogP contribution in [0.25, 0.3) is 0 Å². The van der Waals surface area contributed by atoms with Gasteiger partial charge >= 0.3 is 0 Å². The third-order valence-corrected chi connectivity index (χ3v) is 8.07. The maximum atomic E-state index is 13.0. The van der Waals surface area contributed by atoms with E-state index in [1.54, 1.807) is 17.0 Å². The van der Waals surface area contributed by atoms with Gasteiger partial charge in [-0.2, -0.15) is 0 Å². The van der Waals surface area contributed by atoms with Gasteiger partial charge in [0, 0.05) is 17.1 Å². The number of benzene rings is 1. The molecule has 8 heteroatoms. The average molecular weight is 460 g/mol. The van der Waals surface area contributed by atoms with Crippen LogP contribution in [0.1, 0.15) is 45.1 Å². The number of likely N-dealkylation sites (tertiary alicyclic amines) is 1. The predicted molar refractivity (Wildman–Crippen MR) is 107 cm³/mol. The molecule has 0 N–H and O–H groups in total. The summed E-state index contributed by atoms with van der Waals surface area (Å²) in [7, 11) is -3.66. The van der Waals surface area contributed by atoms with E-state index in [2.05, 4.69) is 15.9 Å². The summed E-state index contributed by atoms with van der Waals surface area (Å²) in [4.78, 5) is 14.7. The van der Waals surface area contributed by atoms with E-state index in [4.69, 9.17) is 9.47 Å². The monoisotopic (exact) mass is 459 g/mol. The third kappa shape index (κ3) is 4.42. The number of ether oxygens (including phenoxy) is 2. The molecule has 0 spiro atoms. The summed E-state index contributed by atoms with van der Waals surface area (Å²) in [5.41, 5.74) is 0.574.